The van der Waals surface area contributed by atoms with Crippen molar-refractivity contribution in [2.45, 2.75) is 101 Å². The smallest absolute Gasteiger partial charge is 0.355 e. The van der Waals surface area contributed by atoms with Crippen LogP contribution in [0.1, 0.15) is 83.1 Å². The molecule has 2 saturated heterocycles. The number of nitrogens with zero attached hydrogens (tertiary/aromatic N) is 5. The molecule has 2 N–H and O–H groups in total. The molecule has 0 spiro atoms. The molecule has 2 saturated carbocycles. The predicted octanol–water partition coefficient (Wildman–Crippen LogP) is 4.44. The van der Waals surface area contributed by atoms with Crippen molar-refractivity contribution in [3.63, 3.8) is 0 Å². The second-order valence-corrected chi connectivity index (χ2v) is 12.3. The summed E-state index contributed by atoms with van der Waals surface area (Å²) in [5.74, 6) is 2.04. The molecule has 4 aliphatic rings. The van der Waals surface area contributed by atoms with Gasteiger partial charge in [0.15, 0.2) is 0 Å². The van der Waals surface area contributed by atoms with E-state index < -0.39 is 5.69 Å². The Bertz CT molecular complexity index is 1440. The normalized spacial score (nSPS) is 31.7. The van der Waals surface area contributed by atoms with Crippen molar-refractivity contribution >= 4 is 16.9 Å². The van der Waals surface area contributed by atoms with Crippen LogP contribution in [0.25, 0.3) is 16.9 Å². The lowest BCUT2D eigenvalue weighted by Gasteiger charge is -2.54. The Hall–Kier alpha value is -3.00. The van der Waals surface area contributed by atoms with E-state index in [0.717, 1.165) is 35.7 Å². The average molecular weight is 515 g/mol. The first-order chi connectivity index (χ1) is 18.5. The van der Waals surface area contributed by atoms with Crippen molar-refractivity contribution in [1.29, 1.82) is 0 Å². The van der Waals surface area contributed by atoms with Crippen molar-refractivity contribution in [2.75, 3.05) is 5.73 Å². The van der Waals surface area contributed by atoms with Crippen LogP contribution >= 0.6 is 0 Å². The van der Waals surface area contributed by atoms with Crippen molar-refractivity contribution in [1.82, 2.24) is 24.0 Å². The predicted molar refractivity (Wildman–Crippen MR) is 148 cm³/mol. The summed E-state index contributed by atoms with van der Waals surface area (Å²) in [6, 6.07) is 11.2. The van der Waals surface area contributed by atoms with Crippen molar-refractivity contribution in [2.24, 2.45) is 11.8 Å². The maximum atomic E-state index is 14.1. The zero-order chi connectivity index (χ0) is 25.8. The molecule has 4 heterocycles. The van der Waals surface area contributed by atoms with E-state index in [1.54, 1.807) is 0 Å². The van der Waals surface area contributed by atoms with E-state index in [2.05, 4.69) is 14.9 Å². The first-order valence-electron chi connectivity index (χ1n) is 14.7. The molecule has 0 amide bonds. The number of rotatable bonds is 3. The highest BCUT2D eigenvalue weighted by Gasteiger charge is 2.45. The number of hydrogen-bond donors (Lipinski definition) is 1. The average Bonchev–Trinajstić information content (AvgIpc) is 3.07. The molecule has 8 heteroatoms. The molecule has 200 valence electrons. The highest BCUT2D eigenvalue weighted by atomic mass is 16.2. The van der Waals surface area contributed by atoms with Crippen molar-refractivity contribution in [3.05, 3.63) is 57.4 Å². The Morgan fingerprint density at radius 2 is 1.45 bits per heavy atom. The quantitative estimate of drug-likeness (QED) is 0.555. The zero-order valence-corrected chi connectivity index (χ0v) is 22.0. The summed E-state index contributed by atoms with van der Waals surface area (Å²) in [7, 11) is 0. The lowest BCUT2D eigenvalue weighted by atomic mass is 9.73. The Balaban J connectivity index is 1.26. The summed E-state index contributed by atoms with van der Waals surface area (Å²) in [5, 5.41) is 0. The van der Waals surface area contributed by atoms with E-state index in [4.69, 9.17) is 5.73 Å². The van der Waals surface area contributed by atoms with Gasteiger partial charge in [0, 0.05) is 30.4 Å². The van der Waals surface area contributed by atoms with Crippen LogP contribution in [-0.4, -0.2) is 42.1 Å². The monoisotopic (exact) mass is 514 g/mol. The minimum absolute atomic E-state index is 0.0870. The van der Waals surface area contributed by atoms with Gasteiger partial charge in [-0.25, -0.2) is 14.3 Å². The maximum absolute atomic E-state index is 14.1. The van der Waals surface area contributed by atoms with Gasteiger partial charge < -0.3 is 10.3 Å². The van der Waals surface area contributed by atoms with Crippen LogP contribution in [0.3, 0.4) is 0 Å². The second-order valence-electron chi connectivity index (χ2n) is 12.3. The van der Waals surface area contributed by atoms with Crippen LogP contribution in [0, 0.1) is 11.8 Å². The van der Waals surface area contributed by atoms with Gasteiger partial charge >= 0.3 is 5.69 Å². The number of benzene rings is 1. The number of nitrogen functional groups attached to an aromatic ring is 1. The van der Waals surface area contributed by atoms with E-state index in [0.29, 0.717) is 18.1 Å². The van der Waals surface area contributed by atoms with Crippen molar-refractivity contribution in [3.8, 4) is 5.82 Å². The Morgan fingerprint density at radius 1 is 0.737 bits per heavy atom. The molecule has 4 bridgehead atoms. The topological polar surface area (TPSA) is 99.0 Å². The Morgan fingerprint density at radius 3 is 2.16 bits per heavy atom. The summed E-state index contributed by atoms with van der Waals surface area (Å²) < 4.78 is 3.19. The summed E-state index contributed by atoms with van der Waals surface area (Å²) in [6.45, 7) is 0. The first-order valence-corrected chi connectivity index (χ1v) is 14.7. The molecule has 3 aromatic rings. The fourth-order valence-electron chi connectivity index (χ4n) is 8.54. The van der Waals surface area contributed by atoms with Crippen LogP contribution in [0.4, 0.5) is 5.82 Å². The molecule has 6 atom stereocenters. The van der Waals surface area contributed by atoms with Gasteiger partial charge in [0.2, 0.25) is 5.82 Å². The van der Waals surface area contributed by atoms with Crippen molar-refractivity contribution < 1.29 is 0 Å². The molecule has 4 fully saturated rings. The first kappa shape index (κ1) is 24.1. The number of fused-ring (bicyclic) bond motifs is 5. The minimum Gasteiger partial charge on any atom is -0.383 e. The molecule has 1 aromatic carbocycles. The number of piperidine rings is 2. The number of aromatic nitrogens is 4. The van der Waals surface area contributed by atoms with Crippen LogP contribution in [-0.2, 0) is 0 Å². The molecule has 8 nitrogen and oxygen atoms in total. The highest BCUT2D eigenvalue weighted by molar-refractivity contribution is 5.75. The molecule has 2 unspecified atom stereocenters. The number of hydrogen-bond acceptors (Lipinski definition) is 6. The third kappa shape index (κ3) is 4.17. The standard InChI is InChI=1S/C30H38N6O2/c31-27-12-13-34(30(38)33-27)28-29(37)36(26-11-4-3-10-25(26)32-28)24-17-21-8-5-9-22(18-24)35(21)23-15-19-6-1-2-7-20(14-19)16-23/h3-4,10-13,19-24H,1-2,5-9,14-18H2,(H2,31,33,38)/t19-,20+,21-,22+,23?,24?. The number of nitrogens with two attached hydrogens (primary N) is 1. The van der Waals surface area contributed by atoms with Gasteiger partial charge in [0.25, 0.3) is 5.56 Å². The summed E-state index contributed by atoms with van der Waals surface area (Å²) in [4.78, 5) is 38.1. The molecule has 7 rings (SSSR count). The van der Waals surface area contributed by atoms with Crippen LogP contribution in [0.15, 0.2) is 46.1 Å². The van der Waals surface area contributed by atoms with Gasteiger partial charge in [-0.05, 0) is 75.0 Å². The van der Waals surface area contributed by atoms with Gasteiger partial charge in [0.1, 0.15) is 5.82 Å². The largest absolute Gasteiger partial charge is 0.383 e. The fourth-order valence-corrected chi connectivity index (χ4v) is 8.54. The lowest BCUT2D eigenvalue weighted by Crippen LogP contribution is -2.58. The second kappa shape index (κ2) is 9.63. The molecule has 0 radical (unpaired) electrons. The molecular formula is C30H38N6O2. The molecular weight excluding hydrogens is 476 g/mol. The van der Waals surface area contributed by atoms with Gasteiger partial charge in [-0.1, -0.05) is 44.2 Å². The zero-order valence-electron chi connectivity index (χ0n) is 22.0. The van der Waals surface area contributed by atoms with Gasteiger partial charge in [-0.2, -0.15) is 4.98 Å². The SMILES string of the molecule is Nc1ccn(-c2nc3ccccc3n(C3C[C@H]4CCC[C@@H](C3)N4C3C[C@H]4CCCC[C@@H](C3)C4)c2=O)c(=O)n1. The Kier molecular flexibility index (Phi) is 6.10. The fraction of sp³-hybridized carbons (Fsp3) is 0.600. The molecule has 2 aliphatic heterocycles. The van der Waals surface area contributed by atoms with E-state index in [1.165, 1.54) is 81.0 Å². The van der Waals surface area contributed by atoms with Crippen LogP contribution in [0.2, 0.25) is 0 Å². The van der Waals surface area contributed by atoms with E-state index in [9.17, 15) is 9.59 Å². The van der Waals surface area contributed by atoms with Gasteiger partial charge in [0.05, 0.1) is 11.0 Å². The number of anilines is 1. The minimum atomic E-state index is -0.582. The summed E-state index contributed by atoms with van der Waals surface area (Å²) in [6.07, 6.45) is 17.0. The third-order valence-electron chi connectivity index (χ3n) is 9.98. The Labute approximate surface area is 222 Å². The third-order valence-corrected chi connectivity index (χ3v) is 9.98. The van der Waals surface area contributed by atoms with Crippen LogP contribution < -0.4 is 17.0 Å². The molecule has 38 heavy (non-hydrogen) atoms. The van der Waals surface area contributed by atoms with E-state index in [-0.39, 0.29) is 23.2 Å². The van der Waals surface area contributed by atoms with E-state index in [1.807, 2.05) is 28.8 Å². The number of para-hydroxylation sites is 2. The highest BCUT2D eigenvalue weighted by Crippen LogP contribution is 2.47. The molecule has 2 aromatic heterocycles. The molecule has 2 aliphatic carbocycles. The van der Waals surface area contributed by atoms with Gasteiger partial charge in [-0.3, -0.25) is 9.69 Å². The van der Waals surface area contributed by atoms with E-state index >= 15 is 0 Å². The van der Waals surface area contributed by atoms with Crippen LogP contribution in [0.5, 0.6) is 0 Å². The summed E-state index contributed by atoms with van der Waals surface area (Å²) in [5.41, 5.74) is 6.47. The lowest BCUT2D eigenvalue weighted by molar-refractivity contribution is -0.0420. The summed E-state index contributed by atoms with van der Waals surface area (Å²) >= 11 is 0. The van der Waals surface area contributed by atoms with Gasteiger partial charge in [-0.15, -0.1) is 0 Å². The maximum Gasteiger partial charge on any atom is 0.355 e.